The summed E-state index contributed by atoms with van der Waals surface area (Å²) in [4.78, 5) is 0. The molecule has 0 amide bonds. The first kappa shape index (κ1) is 28.0. The van der Waals surface area contributed by atoms with Gasteiger partial charge in [-0.1, -0.05) is 121 Å². The molecule has 0 N–H and O–H groups in total. The summed E-state index contributed by atoms with van der Waals surface area (Å²) < 4.78 is 11.1. The van der Waals surface area contributed by atoms with Crippen molar-refractivity contribution in [3.8, 4) is 33.6 Å². The molecular weight excluding hydrogens is 621 g/mol. The van der Waals surface area contributed by atoms with Gasteiger partial charge in [0.05, 0.1) is 22.1 Å². The molecule has 0 aliphatic carbocycles. The van der Waals surface area contributed by atoms with Crippen LogP contribution in [0.5, 0.6) is 0 Å². The van der Waals surface area contributed by atoms with Gasteiger partial charge in [0.25, 0.3) is 0 Å². The van der Waals surface area contributed by atoms with Gasteiger partial charge in [0.1, 0.15) is 11.2 Å². The second kappa shape index (κ2) is 10.8. The van der Waals surface area contributed by atoms with Gasteiger partial charge < -0.3 is 13.6 Å². The summed E-state index contributed by atoms with van der Waals surface area (Å²) in [5.41, 5.74) is 13.6. The number of para-hydroxylation sites is 4. The molecule has 0 saturated carbocycles. The highest BCUT2D eigenvalue weighted by molar-refractivity contribution is 6.14. The maximum absolute atomic E-state index is 6.26. The molecule has 0 saturated heterocycles. The summed E-state index contributed by atoms with van der Waals surface area (Å²) >= 11 is 0. The van der Waals surface area contributed by atoms with Crippen LogP contribution in [0.2, 0.25) is 0 Å². The third kappa shape index (κ3) is 4.19. The molecule has 238 valence electrons. The first-order valence-corrected chi connectivity index (χ1v) is 17.4. The summed E-state index contributed by atoms with van der Waals surface area (Å²) in [6.07, 6.45) is 0. The Morgan fingerprint density at radius 1 is 0.314 bits per heavy atom. The number of nitrogens with zero attached hydrogens (tertiary/aromatic N) is 2. The van der Waals surface area contributed by atoms with Gasteiger partial charge in [-0.05, 0) is 82.9 Å². The number of benzene rings is 8. The van der Waals surface area contributed by atoms with E-state index in [9.17, 15) is 0 Å². The van der Waals surface area contributed by atoms with Crippen molar-refractivity contribution in [3.05, 3.63) is 182 Å². The molecule has 3 aromatic heterocycles. The molecule has 8 aromatic carbocycles. The van der Waals surface area contributed by atoms with E-state index in [1.165, 1.54) is 60.3 Å². The first-order chi connectivity index (χ1) is 25.3. The number of furan rings is 1. The third-order valence-electron chi connectivity index (χ3n) is 10.5. The zero-order chi connectivity index (χ0) is 33.5. The lowest BCUT2D eigenvalue weighted by molar-refractivity contribution is 0.669. The van der Waals surface area contributed by atoms with E-state index in [0.29, 0.717) is 0 Å². The predicted molar refractivity (Wildman–Crippen MR) is 213 cm³/mol. The van der Waals surface area contributed by atoms with E-state index < -0.39 is 0 Å². The second-order valence-electron chi connectivity index (χ2n) is 13.3. The van der Waals surface area contributed by atoms with Gasteiger partial charge in [-0.3, -0.25) is 0 Å². The fourth-order valence-electron chi connectivity index (χ4n) is 8.26. The summed E-state index contributed by atoms with van der Waals surface area (Å²) in [7, 11) is 0. The Bertz CT molecular complexity index is 3140. The average Bonchev–Trinajstić information content (AvgIpc) is 3.85. The topological polar surface area (TPSA) is 23.0 Å². The molecule has 0 aliphatic rings. The maximum Gasteiger partial charge on any atom is 0.136 e. The van der Waals surface area contributed by atoms with E-state index in [1.807, 2.05) is 12.1 Å². The molecule has 3 nitrogen and oxygen atoms in total. The highest BCUT2D eigenvalue weighted by Crippen LogP contribution is 2.40. The largest absolute Gasteiger partial charge is 0.456 e. The molecule has 11 aromatic rings. The van der Waals surface area contributed by atoms with Crippen molar-refractivity contribution in [2.75, 3.05) is 0 Å². The highest BCUT2D eigenvalue weighted by Gasteiger charge is 2.17. The lowest BCUT2D eigenvalue weighted by atomic mass is 9.99. The van der Waals surface area contributed by atoms with Gasteiger partial charge in [-0.2, -0.15) is 0 Å². The summed E-state index contributed by atoms with van der Waals surface area (Å²) in [5.74, 6) is 0. The maximum atomic E-state index is 6.26. The van der Waals surface area contributed by atoms with Gasteiger partial charge in [0.2, 0.25) is 0 Å². The van der Waals surface area contributed by atoms with Crippen LogP contribution in [0.4, 0.5) is 0 Å². The van der Waals surface area contributed by atoms with E-state index in [0.717, 1.165) is 38.9 Å². The van der Waals surface area contributed by atoms with Crippen molar-refractivity contribution in [1.82, 2.24) is 9.13 Å². The van der Waals surface area contributed by atoms with Crippen LogP contribution in [0.3, 0.4) is 0 Å². The van der Waals surface area contributed by atoms with Crippen LogP contribution < -0.4 is 0 Å². The first-order valence-electron chi connectivity index (χ1n) is 17.4. The molecule has 0 spiro atoms. The van der Waals surface area contributed by atoms with Crippen molar-refractivity contribution >= 4 is 65.6 Å². The van der Waals surface area contributed by atoms with Crippen LogP contribution in [-0.2, 0) is 0 Å². The summed E-state index contributed by atoms with van der Waals surface area (Å²) in [6.45, 7) is 0. The minimum atomic E-state index is 0.906. The lowest BCUT2D eigenvalue weighted by Gasteiger charge is -2.12. The van der Waals surface area contributed by atoms with Crippen molar-refractivity contribution in [2.24, 2.45) is 0 Å². The van der Waals surface area contributed by atoms with Crippen molar-refractivity contribution in [2.45, 2.75) is 0 Å². The Morgan fingerprint density at radius 2 is 0.843 bits per heavy atom. The van der Waals surface area contributed by atoms with Gasteiger partial charge >= 0.3 is 0 Å². The van der Waals surface area contributed by atoms with Crippen LogP contribution in [-0.4, -0.2) is 9.13 Å². The summed E-state index contributed by atoms with van der Waals surface area (Å²) in [6, 6.07) is 65.6. The van der Waals surface area contributed by atoms with E-state index in [-0.39, 0.29) is 0 Å². The molecule has 3 heterocycles. The monoisotopic (exact) mass is 650 g/mol. The smallest absolute Gasteiger partial charge is 0.136 e. The van der Waals surface area contributed by atoms with Crippen LogP contribution in [0, 0.1) is 0 Å². The number of rotatable bonds is 4. The third-order valence-corrected chi connectivity index (χ3v) is 10.5. The zero-order valence-corrected chi connectivity index (χ0v) is 27.6. The second-order valence-corrected chi connectivity index (χ2v) is 13.3. The van der Waals surface area contributed by atoms with Crippen LogP contribution in [0.15, 0.2) is 186 Å². The SMILES string of the molecule is c1ccc(-n2c3ccccc3c3ccc(-c4ccc5c6ccccc6n(-c6cccc(-c7cccc8oc9ccccc9c78)c6)c5c4)cc32)cc1. The standard InChI is InChI=1S/C48H30N2O/c1-2-13-34(14-3-1)49-42-20-7-4-16-37(42)39-26-24-31(29-44(39)49)32-25-27-40-38-17-5-8-21-43(38)50(45(40)30-32)35-15-10-12-33(28-35)36-19-11-23-47-48(36)41-18-6-9-22-46(41)51-47/h1-30H. The van der Waals surface area contributed by atoms with Crippen molar-refractivity contribution in [1.29, 1.82) is 0 Å². The molecule has 0 aliphatic heterocycles. The van der Waals surface area contributed by atoms with E-state index >= 15 is 0 Å². The minimum absolute atomic E-state index is 0.906. The predicted octanol–water partition coefficient (Wildman–Crippen LogP) is 13.1. The number of fused-ring (bicyclic) bond motifs is 9. The zero-order valence-electron chi connectivity index (χ0n) is 27.6. The van der Waals surface area contributed by atoms with Gasteiger partial charge in [0, 0.05) is 43.7 Å². The van der Waals surface area contributed by atoms with Crippen LogP contribution in [0.25, 0.3) is 99.2 Å². The van der Waals surface area contributed by atoms with Crippen molar-refractivity contribution < 1.29 is 4.42 Å². The number of hydrogen-bond donors (Lipinski definition) is 0. The van der Waals surface area contributed by atoms with Gasteiger partial charge in [0.15, 0.2) is 0 Å². The lowest BCUT2D eigenvalue weighted by Crippen LogP contribution is -1.95. The minimum Gasteiger partial charge on any atom is -0.456 e. The Hall–Kier alpha value is -6.84. The fraction of sp³-hybridized carbons (Fsp3) is 0. The van der Waals surface area contributed by atoms with E-state index in [1.54, 1.807) is 0 Å². The molecule has 0 atom stereocenters. The Labute approximate surface area is 293 Å². The summed E-state index contributed by atoms with van der Waals surface area (Å²) in [5, 5.41) is 7.29. The molecule has 0 radical (unpaired) electrons. The normalized spacial score (nSPS) is 11.9. The number of aromatic nitrogens is 2. The Morgan fingerprint density at radius 3 is 1.55 bits per heavy atom. The molecule has 0 unspecified atom stereocenters. The molecule has 0 fully saturated rings. The van der Waals surface area contributed by atoms with Crippen LogP contribution >= 0.6 is 0 Å². The van der Waals surface area contributed by atoms with E-state index in [2.05, 4.69) is 179 Å². The number of hydrogen-bond acceptors (Lipinski definition) is 1. The average molecular weight is 651 g/mol. The quantitative estimate of drug-likeness (QED) is 0.186. The molecule has 51 heavy (non-hydrogen) atoms. The molecule has 3 heteroatoms. The molecular formula is C48H30N2O. The van der Waals surface area contributed by atoms with Crippen LogP contribution in [0.1, 0.15) is 0 Å². The van der Waals surface area contributed by atoms with E-state index in [4.69, 9.17) is 4.42 Å². The molecule has 0 bridgehead atoms. The van der Waals surface area contributed by atoms with Crippen molar-refractivity contribution in [3.63, 3.8) is 0 Å². The van der Waals surface area contributed by atoms with Gasteiger partial charge in [-0.15, -0.1) is 0 Å². The van der Waals surface area contributed by atoms with Gasteiger partial charge in [-0.25, -0.2) is 0 Å². The Balaban J connectivity index is 1.12. The Kier molecular flexibility index (Phi) is 5.96. The fourth-order valence-corrected chi connectivity index (χ4v) is 8.26. The highest BCUT2D eigenvalue weighted by atomic mass is 16.3. The molecule has 11 rings (SSSR count).